The van der Waals surface area contributed by atoms with Crippen LogP contribution in [0.3, 0.4) is 0 Å². The minimum Gasteiger partial charge on any atom is -0.478 e. The fraction of sp³-hybridized carbons (Fsp3) is 0.625. The van der Waals surface area contributed by atoms with E-state index in [1.807, 2.05) is 0 Å². The number of nitrogens with zero attached hydrogens (tertiary/aromatic N) is 2. The molecule has 0 saturated heterocycles. The van der Waals surface area contributed by atoms with E-state index in [4.69, 9.17) is 10.8 Å². The first-order chi connectivity index (χ1) is 9.81. The van der Waals surface area contributed by atoms with E-state index in [9.17, 15) is 4.79 Å². The molecule has 5 nitrogen and oxygen atoms in total. The first-order valence-electron chi connectivity index (χ1n) is 7.55. The van der Waals surface area contributed by atoms with Gasteiger partial charge in [-0.2, -0.15) is 0 Å². The van der Waals surface area contributed by atoms with Crippen molar-refractivity contribution in [2.75, 3.05) is 23.7 Å². The highest BCUT2D eigenvalue weighted by atomic mass is 16.4. The molecule has 0 spiro atoms. The largest absolute Gasteiger partial charge is 0.478 e. The van der Waals surface area contributed by atoms with E-state index in [2.05, 4.69) is 37.6 Å². The highest BCUT2D eigenvalue weighted by Gasteiger charge is 2.15. The predicted octanol–water partition coefficient (Wildman–Crippen LogP) is 3.26. The molecule has 1 rings (SSSR count). The number of carbonyl (C=O) groups is 1. The smallest absolute Gasteiger partial charge is 0.337 e. The van der Waals surface area contributed by atoms with Gasteiger partial charge in [0.25, 0.3) is 0 Å². The summed E-state index contributed by atoms with van der Waals surface area (Å²) in [7, 11) is 0. The minimum atomic E-state index is -1.00. The van der Waals surface area contributed by atoms with Crippen molar-refractivity contribution in [3.05, 3.63) is 17.8 Å². The summed E-state index contributed by atoms with van der Waals surface area (Å²) in [6.45, 7) is 10.5. The van der Waals surface area contributed by atoms with E-state index < -0.39 is 5.97 Å². The molecule has 1 aromatic rings. The molecule has 0 aliphatic carbocycles. The van der Waals surface area contributed by atoms with Gasteiger partial charge in [0.15, 0.2) is 5.82 Å². The van der Waals surface area contributed by atoms with Gasteiger partial charge in [0.05, 0.1) is 11.3 Å². The van der Waals surface area contributed by atoms with Crippen LogP contribution in [0.15, 0.2) is 12.3 Å². The highest BCUT2D eigenvalue weighted by Crippen LogP contribution is 2.23. The zero-order chi connectivity index (χ0) is 16.0. The molecule has 21 heavy (non-hydrogen) atoms. The van der Waals surface area contributed by atoms with E-state index in [1.54, 1.807) is 0 Å². The molecular formula is C16H27N3O2. The molecule has 0 atom stereocenters. The molecule has 118 valence electrons. The molecule has 0 amide bonds. The van der Waals surface area contributed by atoms with Crippen LogP contribution < -0.4 is 10.6 Å². The standard InChI is InChI=1S/C16H27N3O2/c1-11(2)5-7-19(8-6-12(3)4)15-14(17)9-13(10-18-15)16(20)21/h9-12H,5-8,17H2,1-4H3,(H,20,21). The highest BCUT2D eigenvalue weighted by molar-refractivity contribution is 5.89. The molecule has 0 bridgehead atoms. The fourth-order valence-corrected chi connectivity index (χ4v) is 2.01. The lowest BCUT2D eigenvalue weighted by Crippen LogP contribution is -2.29. The third kappa shape index (κ3) is 5.61. The number of carboxylic acid groups (broad SMARTS) is 1. The number of nitrogen functional groups attached to an aromatic ring is 1. The molecule has 0 aliphatic rings. The number of carboxylic acids is 1. The molecule has 3 N–H and O–H groups in total. The van der Waals surface area contributed by atoms with E-state index in [0.29, 0.717) is 23.3 Å². The van der Waals surface area contributed by atoms with Crippen molar-refractivity contribution in [3.63, 3.8) is 0 Å². The average Bonchev–Trinajstić information content (AvgIpc) is 2.38. The maximum Gasteiger partial charge on any atom is 0.337 e. The lowest BCUT2D eigenvalue weighted by atomic mass is 10.1. The Hall–Kier alpha value is -1.78. The number of pyridine rings is 1. The van der Waals surface area contributed by atoms with Crippen LogP contribution >= 0.6 is 0 Å². The Labute approximate surface area is 127 Å². The SMILES string of the molecule is CC(C)CCN(CCC(C)C)c1ncc(C(=O)O)cc1N. The first-order valence-corrected chi connectivity index (χ1v) is 7.55. The van der Waals surface area contributed by atoms with E-state index >= 15 is 0 Å². The quantitative estimate of drug-likeness (QED) is 0.769. The van der Waals surface area contributed by atoms with Gasteiger partial charge >= 0.3 is 5.97 Å². The molecule has 5 heteroatoms. The van der Waals surface area contributed by atoms with Crippen molar-refractivity contribution < 1.29 is 9.90 Å². The van der Waals surface area contributed by atoms with Crippen LogP contribution in [-0.4, -0.2) is 29.1 Å². The zero-order valence-electron chi connectivity index (χ0n) is 13.5. The third-order valence-electron chi connectivity index (χ3n) is 3.39. The van der Waals surface area contributed by atoms with Gasteiger partial charge in [-0.25, -0.2) is 9.78 Å². The average molecular weight is 293 g/mol. The number of rotatable bonds is 8. The summed E-state index contributed by atoms with van der Waals surface area (Å²) in [6.07, 6.45) is 3.49. The second kappa shape index (κ2) is 7.86. The van der Waals surface area contributed by atoms with Crippen LogP contribution in [0, 0.1) is 11.8 Å². The minimum absolute atomic E-state index is 0.129. The number of anilines is 2. The fourth-order valence-electron chi connectivity index (χ4n) is 2.01. The van der Waals surface area contributed by atoms with Crippen molar-refractivity contribution >= 4 is 17.5 Å². The van der Waals surface area contributed by atoms with Crippen LogP contribution in [0.5, 0.6) is 0 Å². The Morgan fingerprint density at radius 2 is 1.76 bits per heavy atom. The van der Waals surface area contributed by atoms with Gasteiger partial charge in [-0.1, -0.05) is 27.7 Å². The third-order valence-corrected chi connectivity index (χ3v) is 3.39. The molecule has 1 aromatic heterocycles. The number of aromatic nitrogens is 1. The second-order valence-electron chi connectivity index (χ2n) is 6.29. The Bertz CT molecular complexity index is 461. The Morgan fingerprint density at radius 1 is 1.24 bits per heavy atom. The van der Waals surface area contributed by atoms with Gasteiger partial charge in [0.2, 0.25) is 0 Å². The van der Waals surface area contributed by atoms with Crippen molar-refractivity contribution in [1.29, 1.82) is 0 Å². The summed E-state index contributed by atoms with van der Waals surface area (Å²) in [5, 5.41) is 8.98. The van der Waals surface area contributed by atoms with Gasteiger partial charge in [-0.3, -0.25) is 0 Å². The summed E-state index contributed by atoms with van der Waals surface area (Å²) in [5.74, 6) is 0.898. The van der Waals surface area contributed by atoms with Gasteiger partial charge < -0.3 is 15.7 Å². The van der Waals surface area contributed by atoms with E-state index in [1.165, 1.54) is 12.3 Å². The molecular weight excluding hydrogens is 266 g/mol. The predicted molar refractivity (Wildman–Crippen MR) is 86.7 cm³/mol. The summed E-state index contributed by atoms with van der Waals surface area (Å²) in [4.78, 5) is 17.4. The van der Waals surface area contributed by atoms with Crippen molar-refractivity contribution in [3.8, 4) is 0 Å². The first kappa shape index (κ1) is 17.3. The summed E-state index contributed by atoms with van der Waals surface area (Å²) in [5.41, 5.74) is 6.57. The van der Waals surface area contributed by atoms with Gasteiger partial charge in [0.1, 0.15) is 0 Å². The molecule has 0 aromatic carbocycles. The molecule has 0 aliphatic heterocycles. The van der Waals surface area contributed by atoms with Gasteiger partial charge in [-0.05, 0) is 30.7 Å². The Balaban J connectivity index is 2.92. The zero-order valence-corrected chi connectivity index (χ0v) is 13.5. The van der Waals surface area contributed by atoms with Crippen LogP contribution in [-0.2, 0) is 0 Å². The van der Waals surface area contributed by atoms with Crippen LogP contribution in [0.2, 0.25) is 0 Å². The van der Waals surface area contributed by atoms with Crippen LogP contribution in [0.1, 0.15) is 50.9 Å². The number of hydrogen-bond donors (Lipinski definition) is 2. The van der Waals surface area contributed by atoms with Crippen LogP contribution in [0.4, 0.5) is 11.5 Å². The molecule has 0 saturated carbocycles. The van der Waals surface area contributed by atoms with Gasteiger partial charge in [0, 0.05) is 19.3 Å². The van der Waals surface area contributed by atoms with Crippen LogP contribution in [0.25, 0.3) is 0 Å². The number of aromatic carboxylic acids is 1. The van der Waals surface area contributed by atoms with Crippen molar-refractivity contribution in [2.45, 2.75) is 40.5 Å². The van der Waals surface area contributed by atoms with Crippen molar-refractivity contribution in [2.24, 2.45) is 11.8 Å². The molecule has 0 fully saturated rings. The lowest BCUT2D eigenvalue weighted by molar-refractivity contribution is 0.0696. The maximum absolute atomic E-state index is 11.0. The maximum atomic E-state index is 11.0. The summed E-state index contributed by atoms with van der Waals surface area (Å²) in [6, 6.07) is 1.49. The number of nitrogens with two attached hydrogens (primary N) is 1. The Morgan fingerprint density at radius 3 is 2.14 bits per heavy atom. The normalized spacial score (nSPS) is 11.1. The molecule has 0 radical (unpaired) electrons. The lowest BCUT2D eigenvalue weighted by Gasteiger charge is -2.26. The molecule has 1 heterocycles. The van der Waals surface area contributed by atoms with E-state index in [0.717, 1.165) is 25.9 Å². The summed E-state index contributed by atoms with van der Waals surface area (Å²) < 4.78 is 0. The molecule has 0 unspecified atom stereocenters. The second-order valence-corrected chi connectivity index (χ2v) is 6.29. The monoisotopic (exact) mass is 293 g/mol. The Kier molecular flexibility index (Phi) is 6.46. The summed E-state index contributed by atoms with van der Waals surface area (Å²) >= 11 is 0. The number of hydrogen-bond acceptors (Lipinski definition) is 4. The van der Waals surface area contributed by atoms with Crippen molar-refractivity contribution in [1.82, 2.24) is 4.98 Å². The van der Waals surface area contributed by atoms with Gasteiger partial charge in [-0.15, -0.1) is 0 Å². The van der Waals surface area contributed by atoms with E-state index in [-0.39, 0.29) is 5.56 Å². The topological polar surface area (TPSA) is 79.5 Å².